The molecule has 0 heterocycles. The predicted octanol–water partition coefficient (Wildman–Crippen LogP) is 6.33. The zero-order chi connectivity index (χ0) is 18.6. The van der Waals surface area contributed by atoms with E-state index in [0.29, 0.717) is 11.8 Å². The second-order valence-corrected chi connectivity index (χ2v) is 11.9. The Morgan fingerprint density at radius 2 is 1.16 bits per heavy atom. The second kappa shape index (κ2) is 8.19. The quantitative estimate of drug-likeness (QED) is 0.471. The van der Waals surface area contributed by atoms with Gasteiger partial charge >= 0.3 is 8.56 Å². The first-order valence-corrected chi connectivity index (χ1v) is 11.7. The molecule has 4 unspecified atom stereocenters. The van der Waals surface area contributed by atoms with E-state index in [9.17, 15) is 0 Å². The summed E-state index contributed by atoms with van der Waals surface area (Å²) in [6, 6.07) is 0. The molecule has 0 aromatic carbocycles. The summed E-state index contributed by atoms with van der Waals surface area (Å²) in [5.41, 5.74) is 0. The minimum absolute atomic E-state index is 0.107. The van der Waals surface area contributed by atoms with Crippen molar-refractivity contribution in [3.05, 3.63) is 48.6 Å². The first-order valence-electron chi connectivity index (χ1n) is 9.88. The second-order valence-electron chi connectivity index (χ2n) is 7.94. The van der Waals surface area contributed by atoms with Crippen LogP contribution in [-0.4, -0.2) is 21.8 Å². The van der Waals surface area contributed by atoms with Gasteiger partial charge in [0.25, 0.3) is 0 Å². The molecule has 140 valence electrons. The van der Waals surface area contributed by atoms with E-state index in [0.717, 1.165) is 26.1 Å². The SMILES string of the molecule is CCCO[Si](OCCC)(C1(C)C=CC=CC1C)C1(C)C=CC=CC1C. The maximum absolute atomic E-state index is 6.85. The van der Waals surface area contributed by atoms with Crippen molar-refractivity contribution >= 4 is 8.56 Å². The van der Waals surface area contributed by atoms with E-state index in [1.807, 2.05) is 0 Å². The Bertz CT molecular complexity index is 512. The van der Waals surface area contributed by atoms with Crippen LogP contribution in [0.5, 0.6) is 0 Å². The minimum atomic E-state index is -2.69. The highest BCUT2D eigenvalue weighted by molar-refractivity contribution is 6.75. The maximum Gasteiger partial charge on any atom is 0.359 e. The Hall–Kier alpha value is -0.903. The average Bonchev–Trinajstić information content (AvgIpc) is 2.60. The predicted molar refractivity (Wildman–Crippen MR) is 110 cm³/mol. The Labute approximate surface area is 155 Å². The molecule has 0 fully saturated rings. The normalized spacial score (nSPS) is 34.6. The molecule has 0 aromatic rings. The van der Waals surface area contributed by atoms with E-state index in [-0.39, 0.29) is 10.1 Å². The molecule has 2 nitrogen and oxygen atoms in total. The Kier molecular flexibility index (Phi) is 6.69. The van der Waals surface area contributed by atoms with Gasteiger partial charge in [-0.05, 0) is 24.7 Å². The summed E-state index contributed by atoms with van der Waals surface area (Å²) < 4.78 is 13.7. The summed E-state index contributed by atoms with van der Waals surface area (Å²) in [6.07, 6.45) is 20.0. The number of hydrogen-bond donors (Lipinski definition) is 0. The van der Waals surface area contributed by atoms with Gasteiger partial charge < -0.3 is 8.85 Å². The molecule has 0 saturated heterocycles. The lowest BCUT2D eigenvalue weighted by molar-refractivity contribution is 0.116. The summed E-state index contributed by atoms with van der Waals surface area (Å²) in [7, 11) is -2.69. The van der Waals surface area contributed by atoms with Crippen LogP contribution in [0.1, 0.15) is 54.4 Å². The van der Waals surface area contributed by atoms with E-state index in [2.05, 4.69) is 90.2 Å². The minimum Gasteiger partial charge on any atom is -0.393 e. The fourth-order valence-electron chi connectivity index (χ4n) is 4.23. The van der Waals surface area contributed by atoms with Crippen molar-refractivity contribution in [1.82, 2.24) is 0 Å². The molecule has 4 atom stereocenters. The van der Waals surface area contributed by atoms with Crippen molar-refractivity contribution in [2.75, 3.05) is 13.2 Å². The molecule has 2 rings (SSSR count). The first kappa shape index (κ1) is 20.4. The number of hydrogen-bond acceptors (Lipinski definition) is 2. The summed E-state index contributed by atoms with van der Waals surface area (Å²) in [4.78, 5) is 0. The Morgan fingerprint density at radius 3 is 1.48 bits per heavy atom. The van der Waals surface area contributed by atoms with Gasteiger partial charge in [-0.15, -0.1) is 0 Å². The van der Waals surface area contributed by atoms with Crippen molar-refractivity contribution in [3.8, 4) is 0 Å². The summed E-state index contributed by atoms with van der Waals surface area (Å²) in [5.74, 6) is 0.780. The molecule has 0 saturated carbocycles. The summed E-state index contributed by atoms with van der Waals surface area (Å²) in [5, 5.41) is -0.213. The number of allylic oxidation sites excluding steroid dienone is 8. The average molecular weight is 361 g/mol. The third-order valence-corrected chi connectivity index (χ3v) is 11.5. The number of rotatable bonds is 8. The van der Waals surface area contributed by atoms with Gasteiger partial charge in [0.1, 0.15) is 0 Å². The first-order chi connectivity index (χ1) is 11.9. The Balaban J connectivity index is 2.63. The fourth-order valence-corrected chi connectivity index (χ4v) is 9.72. The summed E-state index contributed by atoms with van der Waals surface area (Å²) >= 11 is 0. The largest absolute Gasteiger partial charge is 0.393 e. The molecular formula is C22H36O2Si. The lowest BCUT2D eigenvalue weighted by Crippen LogP contribution is -2.63. The van der Waals surface area contributed by atoms with Crippen LogP contribution in [0.25, 0.3) is 0 Å². The topological polar surface area (TPSA) is 18.5 Å². The van der Waals surface area contributed by atoms with E-state index in [1.165, 1.54) is 0 Å². The molecule has 3 heteroatoms. The van der Waals surface area contributed by atoms with Crippen molar-refractivity contribution in [3.63, 3.8) is 0 Å². The van der Waals surface area contributed by atoms with Crippen molar-refractivity contribution in [2.45, 2.75) is 64.5 Å². The van der Waals surface area contributed by atoms with Gasteiger partial charge in [0.2, 0.25) is 0 Å². The van der Waals surface area contributed by atoms with E-state index >= 15 is 0 Å². The van der Waals surface area contributed by atoms with Crippen LogP contribution in [0.3, 0.4) is 0 Å². The molecule has 0 aromatic heterocycles. The van der Waals surface area contributed by atoms with Crippen LogP contribution in [-0.2, 0) is 8.85 Å². The van der Waals surface area contributed by atoms with Crippen LogP contribution >= 0.6 is 0 Å². The molecule has 25 heavy (non-hydrogen) atoms. The molecule has 0 radical (unpaired) electrons. The van der Waals surface area contributed by atoms with E-state index in [4.69, 9.17) is 8.85 Å². The Morgan fingerprint density at radius 1 is 0.760 bits per heavy atom. The highest BCUT2D eigenvalue weighted by atomic mass is 28.4. The van der Waals surface area contributed by atoms with Crippen molar-refractivity contribution < 1.29 is 8.85 Å². The molecule has 0 N–H and O–H groups in total. The van der Waals surface area contributed by atoms with Crippen LogP contribution < -0.4 is 0 Å². The zero-order valence-corrected chi connectivity index (χ0v) is 17.9. The zero-order valence-electron chi connectivity index (χ0n) is 16.9. The van der Waals surface area contributed by atoms with Crippen molar-refractivity contribution in [1.29, 1.82) is 0 Å². The van der Waals surface area contributed by atoms with Gasteiger partial charge in [-0.2, -0.15) is 0 Å². The van der Waals surface area contributed by atoms with Gasteiger partial charge in [0.05, 0.1) is 0 Å². The third kappa shape index (κ3) is 3.39. The monoisotopic (exact) mass is 360 g/mol. The van der Waals surface area contributed by atoms with Crippen LogP contribution in [0.15, 0.2) is 48.6 Å². The molecule has 2 aliphatic carbocycles. The smallest absolute Gasteiger partial charge is 0.359 e. The molecule has 0 aliphatic heterocycles. The molecule has 0 spiro atoms. The molecule has 2 aliphatic rings. The summed E-state index contributed by atoms with van der Waals surface area (Å²) in [6.45, 7) is 15.2. The standard InChI is InChI=1S/C22H36O2Si/c1-7-17-23-25(24-18-8-2,21(5)15-11-9-13-19(21)3)22(6)16-12-10-14-20(22)4/h9-16,19-20H,7-8,17-18H2,1-6H3. The maximum atomic E-state index is 6.85. The van der Waals surface area contributed by atoms with Gasteiger partial charge in [-0.25, -0.2) is 0 Å². The lowest BCUT2D eigenvalue weighted by atomic mass is 9.89. The fraction of sp³-hybridized carbons (Fsp3) is 0.636. The molecule has 0 bridgehead atoms. The van der Waals surface area contributed by atoms with E-state index in [1.54, 1.807) is 0 Å². The third-order valence-electron chi connectivity index (χ3n) is 6.24. The molecular weight excluding hydrogens is 324 g/mol. The van der Waals surface area contributed by atoms with Gasteiger partial charge in [0, 0.05) is 23.3 Å². The van der Waals surface area contributed by atoms with Gasteiger partial charge in [-0.3, -0.25) is 0 Å². The van der Waals surface area contributed by atoms with E-state index < -0.39 is 8.56 Å². The van der Waals surface area contributed by atoms with Gasteiger partial charge in [0.15, 0.2) is 0 Å². The highest BCUT2D eigenvalue weighted by Gasteiger charge is 2.66. The lowest BCUT2D eigenvalue weighted by Gasteiger charge is -2.56. The van der Waals surface area contributed by atoms with Crippen LogP contribution in [0, 0.1) is 11.8 Å². The van der Waals surface area contributed by atoms with Gasteiger partial charge in [-0.1, -0.05) is 90.2 Å². The van der Waals surface area contributed by atoms with Crippen molar-refractivity contribution in [2.24, 2.45) is 11.8 Å². The highest BCUT2D eigenvalue weighted by Crippen LogP contribution is 2.63. The van der Waals surface area contributed by atoms with Crippen LogP contribution in [0.4, 0.5) is 0 Å². The van der Waals surface area contributed by atoms with Crippen LogP contribution in [0.2, 0.25) is 10.1 Å². The molecule has 0 amide bonds.